The molecule has 0 spiro atoms. The maximum atomic E-state index is 12.6. The molecule has 0 aromatic heterocycles. The van der Waals surface area contributed by atoms with Crippen LogP contribution in [0.1, 0.15) is 65.8 Å². The van der Waals surface area contributed by atoms with Gasteiger partial charge in [0, 0.05) is 31.7 Å². The molecule has 1 aromatic carbocycles. The second kappa shape index (κ2) is 6.93. The van der Waals surface area contributed by atoms with Crippen LogP contribution in [0.4, 0.5) is 0 Å². The van der Waals surface area contributed by atoms with E-state index in [1.807, 2.05) is 6.07 Å². The molecule has 2 unspecified atom stereocenters. The number of likely N-dealkylation sites (tertiary alicyclic amines) is 1. The highest BCUT2D eigenvalue weighted by molar-refractivity contribution is 6.07. The van der Waals surface area contributed by atoms with Gasteiger partial charge in [-0.25, -0.2) is 4.79 Å². The molecule has 0 saturated carbocycles. The molecule has 3 rings (SSSR count). The molecule has 1 aromatic rings. The van der Waals surface area contributed by atoms with Gasteiger partial charge in [-0.2, -0.15) is 0 Å². The maximum absolute atomic E-state index is 12.6. The number of carboxylic acid groups (broad SMARTS) is 1. The number of carboxylic acids is 1. The van der Waals surface area contributed by atoms with Gasteiger partial charge in [0.1, 0.15) is 0 Å². The van der Waals surface area contributed by atoms with Crippen molar-refractivity contribution in [1.29, 1.82) is 0 Å². The number of carbonyl (C=O) groups is 2. The van der Waals surface area contributed by atoms with Crippen LogP contribution in [0.25, 0.3) is 0 Å². The van der Waals surface area contributed by atoms with Crippen molar-refractivity contribution in [3.05, 3.63) is 34.9 Å². The monoisotopic (exact) mass is 330 g/mol. The van der Waals surface area contributed by atoms with E-state index in [1.54, 1.807) is 11.0 Å². The molecule has 0 bridgehead atoms. The van der Waals surface area contributed by atoms with Crippen molar-refractivity contribution < 1.29 is 14.7 Å². The fourth-order valence-electron chi connectivity index (χ4n) is 4.14. The van der Waals surface area contributed by atoms with Gasteiger partial charge in [-0.05, 0) is 44.7 Å². The zero-order valence-corrected chi connectivity index (χ0v) is 14.5. The Labute approximate surface area is 143 Å². The van der Waals surface area contributed by atoms with Crippen LogP contribution in [0.5, 0.6) is 0 Å². The van der Waals surface area contributed by atoms with Gasteiger partial charge in [-0.3, -0.25) is 9.69 Å². The Morgan fingerprint density at radius 1 is 1.21 bits per heavy atom. The lowest BCUT2D eigenvalue weighted by Gasteiger charge is -2.39. The van der Waals surface area contributed by atoms with Crippen LogP contribution in [0, 0.1) is 0 Å². The summed E-state index contributed by atoms with van der Waals surface area (Å²) in [5.74, 6) is -1.17. The molecule has 1 amide bonds. The summed E-state index contributed by atoms with van der Waals surface area (Å²) >= 11 is 0. The van der Waals surface area contributed by atoms with Crippen LogP contribution in [-0.2, 0) is 6.54 Å². The highest BCUT2D eigenvalue weighted by Crippen LogP contribution is 2.27. The minimum atomic E-state index is -1.03. The van der Waals surface area contributed by atoms with E-state index in [0.29, 0.717) is 30.7 Å². The lowest BCUT2D eigenvalue weighted by atomic mass is 9.97. The zero-order valence-electron chi connectivity index (χ0n) is 14.5. The molecule has 1 fully saturated rings. The van der Waals surface area contributed by atoms with Crippen molar-refractivity contribution in [1.82, 2.24) is 9.80 Å². The second-order valence-corrected chi connectivity index (χ2v) is 7.09. The van der Waals surface area contributed by atoms with Gasteiger partial charge >= 0.3 is 5.97 Å². The molecule has 1 saturated heterocycles. The summed E-state index contributed by atoms with van der Waals surface area (Å²) in [7, 11) is 0. The van der Waals surface area contributed by atoms with E-state index in [0.717, 1.165) is 18.5 Å². The van der Waals surface area contributed by atoms with E-state index in [1.165, 1.54) is 25.3 Å². The summed E-state index contributed by atoms with van der Waals surface area (Å²) in [5.41, 5.74) is 1.34. The average molecular weight is 330 g/mol. The maximum Gasteiger partial charge on any atom is 0.336 e. The standard InChI is InChI=1S/C19H26N2O3/c1-13-6-3-7-14(2)21(13)11-5-10-20-12-15-8-4-9-16(19(23)24)17(15)18(20)22/h4,8-9,13-14H,3,5-7,10-12H2,1-2H3,(H,23,24). The van der Waals surface area contributed by atoms with Crippen LogP contribution in [0.3, 0.4) is 0 Å². The Morgan fingerprint density at radius 3 is 2.58 bits per heavy atom. The van der Waals surface area contributed by atoms with E-state index < -0.39 is 5.97 Å². The van der Waals surface area contributed by atoms with Crippen molar-refractivity contribution in [3.8, 4) is 0 Å². The summed E-state index contributed by atoms with van der Waals surface area (Å²) in [4.78, 5) is 28.2. The number of rotatable bonds is 5. The zero-order chi connectivity index (χ0) is 17.3. The van der Waals surface area contributed by atoms with Crippen molar-refractivity contribution in [2.24, 2.45) is 0 Å². The SMILES string of the molecule is CC1CCCC(C)N1CCCN1Cc2cccc(C(=O)O)c2C1=O. The van der Waals surface area contributed by atoms with Gasteiger partial charge in [0.25, 0.3) is 5.91 Å². The third kappa shape index (κ3) is 3.18. The molecule has 1 N–H and O–H groups in total. The van der Waals surface area contributed by atoms with Gasteiger partial charge in [0.2, 0.25) is 0 Å². The molecular weight excluding hydrogens is 304 g/mol. The summed E-state index contributed by atoms with van der Waals surface area (Å²) in [6.45, 7) is 6.77. The predicted octanol–water partition coefficient (Wildman–Crippen LogP) is 2.99. The van der Waals surface area contributed by atoms with Crippen molar-refractivity contribution in [2.45, 2.75) is 58.2 Å². The Bertz CT molecular complexity index is 633. The molecule has 5 nitrogen and oxygen atoms in total. The second-order valence-electron chi connectivity index (χ2n) is 7.09. The van der Waals surface area contributed by atoms with E-state index in [9.17, 15) is 14.7 Å². The van der Waals surface area contributed by atoms with Crippen LogP contribution in [0.15, 0.2) is 18.2 Å². The fourth-order valence-corrected chi connectivity index (χ4v) is 4.14. The van der Waals surface area contributed by atoms with E-state index in [-0.39, 0.29) is 11.5 Å². The Balaban J connectivity index is 1.61. The lowest BCUT2D eigenvalue weighted by Crippen LogP contribution is -2.44. The number of hydrogen-bond acceptors (Lipinski definition) is 3. The summed E-state index contributed by atoms with van der Waals surface area (Å²) in [6, 6.07) is 6.31. The van der Waals surface area contributed by atoms with Crippen LogP contribution >= 0.6 is 0 Å². The summed E-state index contributed by atoms with van der Waals surface area (Å²) < 4.78 is 0. The fraction of sp³-hybridized carbons (Fsp3) is 0.579. The Kier molecular flexibility index (Phi) is 4.90. The first kappa shape index (κ1) is 17.0. The predicted molar refractivity (Wildman–Crippen MR) is 92.2 cm³/mol. The third-order valence-electron chi connectivity index (χ3n) is 5.46. The number of aromatic carboxylic acids is 1. The summed E-state index contributed by atoms with van der Waals surface area (Å²) in [6.07, 6.45) is 4.73. The smallest absolute Gasteiger partial charge is 0.336 e. The molecular formula is C19H26N2O3. The van der Waals surface area contributed by atoms with Crippen molar-refractivity contribution in [2.75, 3.05) is 13.1 Å². The molecule has 2 aliphatic heterocycles. The number of benzene rings is 1. The first-order valence-electron chi connectivity index (χ1n) is 8.89. The normalized spacial score (nSPS) is 24.2. The molecule has 2 heterocycles. The highest BCUT2D eigenvalue weighted by atomic mass is 16.4. The Morgan fingerprint density at radius 2 is 1.92 bits per heavy atom. The van der Waals surface area contributed by atoms with E-state index in [2.05, 4.69) is 18.7 Å². The number of hydrogen-bond donors (Lipinski definition) is 1. The number of amides is 1. The molecule has 2 atom stereocenters. The first-order valence-corrected chi connectivity index (χ1v) is 8.89. The quantitative estimate of drug-likeness (QED) is 0.901. The van der Waals surface area contributed by atoms with Crippen molar-refractivity contribution in [3.63, 3.8) is 0 Å². The van der Waals surface area contributed by atoms with Crippen LogP contribution < -0.4 is 0 Å². The van der Waals surface area contributed by atoms with Crippen LogP contribution in [-0.4, -0.2) is 52.0 Å². The number of piperidine rings is 1. The minimum absolute atomic E-state index is 0.123. The number of fused-ring (bicyclic) bond motifs is 1. The van der Waals surface area contributed by atoms with Gasteiger partial charge < -0.3 is 10.0 Å². The molecule has 5 heteroatoms. The molecule has 2 aliphatic rings. The molecule has 0 radical (unpaired) electrons. The number of carbonyl (C=O) groups excluding carboxylic acids is 1. The van der Waals surface area contributed by atoms with Crippen LogP contribution in [0.2, 0.25) is 0 Å². The topological polar surface area (TPSA) is 60.9 Å². The van der Waals surface area contributed by atoms with Gasteiger partial charge in [-0.15, -0.1) is 0 Å². The first-order chi connectivity index (χ1) is 11.5. The highest BCUT2D eigenvalue weighted by Gasteiger charge is 2.31. The molecule has 0 aliphatic carbocycles. The molecule has 24 heavy (non-hydrogen) atoms. The lowest BCUT2D eigenvalue weighted by molar-refractivity contribution is 0.0675. The third-order valence-corrected chi connectivity index (χ3v) is 5.46. The van der Waals surface area contributed by atoms with E-state index >= 15 is 0 Å². The minimum Gasteiger partial charge on any atom is -0.478 e. The van der Waals surface area contributed by atoms with Gasteiger partial charge in [0.15, 0.2) is 0 Å². The van der Waals surface area contributed by atoms with Gasteiger partial charge in [0.05, 0.1) is 11.1 Å². The largest absolute Gasteiger partial charge is 0.478 e. The van der Waals surface area contributed by atoms with Gasteiger partial charge in [-0.1, -0.05) is 18.6 Å². The van der Waals surface area contributed by atoms with E-state index in [4.69, 9.17) is 0 Å². The summed E-state index contributed by atoms with van der Waals surface area (Å²) in [5, 5.41) is 9.28. The molecule has 130 valence electrons. The number of nitrogens with zero attached hydrogens (tertiary/aromatic N) is 2. The Hall–Kier alpha value is -1.88. The average Bonchev–Trinajstić information content (AvgIpc) is 2.86. The van der Waals surface area contributed by atoms with Crippen molar-refractivity contribution >= 4 is 11.9 Å².